The summed E-state index contributed by atoms with van der Waals surface area (Å²) in [7, 11) is 1.78. The third-order valence-electron chi connectivity index (χ3n) is 5.66. The summed E-state index contributed by atoms with van der Waals surface area (Å²) in [5, 5.41) is 0. The van der Waals surface area contributed by atoms with Crippen molar-refractivity contribution in [2.24, 2.45) is 28.1 Å². The molecule has 2 atom stereocenters. The van der Waals surface area contributed by atoms with Crippen LogP contribution in [-0.2, 0) is 0 Å². The Morgan fingerprint density at radius 3 is 2.86 bits per heavy atom. The minimum absolute atomic E-state index is 0.292. The van der Waals surface area contributed by atoms with E-state index in [9.17, 15) is 4.39 Å². The van der Waals surface area contributed by atoms with Gasteiger partial charge < -0.3 is 27.0 Å². The Morgan fingerprint density at radius 2 is 2.07 bits per heavy atom. The van der Waals surface area contributed by atoms with E-state index >= 15 is 0 Å². The molecule has 1 aromatic carbocycles. The smallest absolute Gasteiger partial charge is 0.199 e. The number of rotatable bonds is 3. The number of piperidine rings is 1. The lowest BCUT2D eigenvalue weighted by Gasteiger charge is -2.35. The molecule has 2 aliphatic heterocycles. The van der Waals surface area contributed by atoms with E-state index < -0.39 is 6.17 Å². The SMILES string of the molecule is CN1C(N)=Nc2nc(-c3c(F)cccc3N3CCCC(CN)C3)ccc2C1N. The summed E-state index contributed by atoms with van der Waals surface area (Å²) in [5.74, 6) is 0.835. The van der Waals surface area contributed by atoms with Gasteiger partial charge in [0.1, 0.15) is 12.0 Å². The number of anilines is 1. The molecular formula is C20H26FN7. The van der Waals surface area contributed by atoms with Gasteiger partial charge in [-0.1, -0.05) is 6.07 Å². The predicted octanol–water partition coefficient (Wildman–Crippen LogP) is 1.91. The van der Waals surface area contributed by atoms with E-state index in [2.05, 4.69) is 14.9 Å². The molecule has 0 spiro atoms. The number of aromatic nitrogens is 1. The molecule has 0 amide bonds. The van der Waals surface area contributed by atoms with Gasteiger partial charge in [0.05, 0.1) is 11.3 Å². The predicted molar refractivity (Wildman–Crippen MR) is 110 cm³/mol. The minimum atomic E-state index is -0.429. The van der Waals surface area contributed by atoms with Crippen LogP contribution >= 0.6 is 0 Å². The molecule has 7 nitrogen and oxygen atoms in total. The summed E-state index contributed by atoms with van der Waals surface area (Å²) in [6, 6.07) is 8.79. The van der Waals surface area contributed by atoms with Crippen LogP contribution in [0.3, 0.4) is 0 Å². The molecule has 2 aromatic rings. The summed E-state index contributed by atoms with van der Waals surface area (Å²) < 4.78 is 14.9. The Kier molecular flexibility index (Phi) is 4.91. The molecule has 1 aromatic heterocycles. The molecule has 0 bridgehead atoms. The molecule has 3 heterocycles. The second-order valence-electron chi connectivity index (χ2n) is 7.46. The number of nitrogens with two attached hydrogens (primary N) is 3. The van der Waals surface area contributed by atoms with Gasteiger partial charge in [-0.15, -0.1) is 0 Å². The second kappa shape index (κ2) is 7.37. The molecule has 0 radical (unpaired) electrons. The topological polar surface area (TPSA) is 110 Å². The van der Waals surface area contributed by atoms with Crippen LogP contribution in [0.5, 0.6) is 0 Å². The van der Waals surface area contributed by atoms with Crippen molar-refractivity contribution in [2.45, 2.75) is 19.0 Å². The molecule has 8 heteroatoms. The lowest BCUT2D eigenvalue weighted by Crippen LogP contribution is -2.43. The Balaban J connectivity index is 1.78. The molecule has 28 heavy (non-hydrogen) atoms. The summed E-state index contributed by atoms with van der Waals surface area (Å²) in [5.41, 5.74) is 20.6. The third kappa shape index (κ3) is 3.18. The molecule has 2 aliphatic rings. The van der Waals surface area contributed by atoms with Crippen LogP contribution in [-0.4, -0.2) is 42.5 Å². The summed E-state index contributed by atoms with van der Waals surface area (Å²) in [6.45, 7) is 2.33. The first-order valence-electron chi connectivity index (χ1n) is 9.57. The number of halogens is 1. The molecule has 6 N–H and O–H groups in total. The highest BCUT2D eigenvalue weighted by Gasteiger charge is 2.27. The van der Waals surface area contributed by atoms with Crippen molar-refractivity contribution in [2.75, 3.05) is 31.6 Å². The number of aliphatic imine (C=N–C) groups is 1. The van der Waals surface area contributed by atoms with E-state index in [4.69, 9.17) is 17.2 Å². The molecular weight excluding hydrogens is 357 g/mol. The van der Waals surface area contributed by atoms with Crippen molar-refractivity contribution in [3.8, 4) is 11.3 Å². The fourth-order valence-corrected chi connectivity index (χ4v) is 3.96. The zero-order valence-electron chi connectivity index (χ0n) is 16.0. The number of benzene rings is 1. The Labute approximate surface area is 164 Å². The first-order chi connectivity index (χ1) is 13.5. The van der Waals surface area contributed by atoms with Gasteiger partial charge in [0.25, 0.3) is 0 Å². The largest absolute Gasteiger partial charge is 0.371 e. The van der Waals surface area contributed by atoms with Crippen molar-refractivity contribution in [3.05, 3.63) is 41.7 Å². The highest BCUT2D eigenvalue weighted by molar-refractivity contribution is 5.84. The van der Waals surface area contributed by atoms with E-state index in [0.717, 1.165) is 37.2 Å². The zero-order chi connectivity index (χ0) is 19.8. The zero-order valence-corrected chi connectivity index (χ0v) is 16.0. The molecule has 1 fully saturated rings. The highest BCUT2D eigenvalue weighted by atomic mass is 19.1. The van der Waals surface area contributed by atoms with Crippen molar-refractivity contribution >= 4 is 17.5 Å². The van der Waals surface area contributed by atoms with Crippen LogP contribution in [0.25, 0.3) is 11.3 Å². The van der Waals surface area contributed by atoms with Crippen LogP contribution in [0.1, 0.15) is 24.6 Å². The number of hydrogen-bond donors (Lipinski definition) is 3. The maximum atomic E-state index is 14.9. The van der Waals surface area contributed by atoms with Crippen molar-refractivity contribution in [3.63, 3.8) is 0 Å². The second-order valence-corrected chi connectivity index (χ2v) is 7.46. The Hall–Kier alpha value is -2.71. The molecule has 2 unspecified atom stereocenters. The first-order valence-corrected chi connectivity index (χ1v) is 9.57. The molecule has 1 saturated heterocycles. The molecule has 4 rings (SSSR count). The van der Waals surface area contributed by atoms with Gasteiger partial charge >= 0.3 is 0 Å². The van der Waals surface area contributed by atoms with Gasteiger partial charge in [-0.3, -0.25) is 0 Å². The van der Waals surface area contributed by atoms with E-state index in [1.807, 2.05) is 12.1 Å². The normalized spacial score (nSPS) is 22.1. The number of hydrogen-bond acceptors (Lipinski definition) is 7. The third-order valence-corrected chi connectivity index (χ3v) is 5.66. The number of nitrogens with zero attached hydrogens (tertiary/aromatic N) is 4. The highest BCUT2D eigenvalue weighted by Crippen LogP contribution is 2.37. The van der Waals surface area contributed by atoms with E-state index in [0.29, 0.717) is 35.5 Å². The Morgan fingerprint density at radius 1 is 1.25 bits per heavy atom. The fourth-order valence-electron chi connectivity index (χ4n) is 3.96. The quantitative estimate of drug-likeness (QED) is 0.747. The van der Waals surface area contributed by atoms with E-state index in [1.54, 1.807) is 24.1 Å². The van der Waals surface area contributed by atoms with E-state index in [1.165, 1.54) is 6.07 Å². The average molecular weight is 383 g/mol. The van der Waals surface area contributed by atoms with Crippen molar-refractivity contribution in [1.29, 1.82) is 0 Å². The van der Waals surface area contributed by atoms with Crippen LogP contribution in [0.2, 0.25) is 0 Å². The number of fused-ring (bicyclic) bond motifs is 1. The van der Waals surface area contributed by atoms with Gasteiger partial charge in [-0.25, -0.2) is 9.37 Å². The van der Waals surface area contributed by atoms with Crippen LogP contribution < -0.4 is 22.1 Å². The van der Waals surface area contributed by atoms with Crippen LogP contribution in [0, 0.1) is 11.7 Å². The molecule has 0 aliphatic carbocycles. The Bertz CT molecular complexity index is 913. The van der Waals surface area contributed by atoms with Gasteiger partial charge in [0, 0.05) is 31.4 Å². The maximum absolute atomic E-state index is 14.9. The van der Waals surface area contributed by atoms with Gasteiger partial charge in [-0.05, 0) is 49.6 Å². The summed E-state index contributed by atoms with van der Waals surface area (Å²) >= 11 is 0. The number of guanidine groups is 1. The van der Waals surface area contributed by atoms with Crippen LogP contribution in [0.15, 0.2) is 35.3 Å². The van der Waals surface area contributed by atoms with Crippen molar-refractivity contribution in [1.82, 2.24) is 9.88 Å². The maximum Gasteiger partial charge on any atom is 0.199 e. The van der Waals surface area contributed by atoms with Gasteiger partial charge in [-0.2, -0.15) is 4.99 Å². The monoisotopic (exact) mass is 383 g/mol. The van der Waals surface area contributed by atoms with Crippen molar-refractivity contribution < 1.29 is 4.39 Å². The first kappa shape index (κ1) is 18.6. The minimum Gasteiger partial charge on any atom is -0.371 e. The summed E-state index contributed by atoms with van der Waals surface area (Å²) in [6.07, 6.45) is 1.72. The van der Waals surface area contributed by atoms with Gasteiger partial charge in [0.15, 0.2) is 11.8 Å². The van der Waals surface area contributed by atoms with Gasteiger partial charge in [0.2, 0.25) is 0 Å². The van der Waals surface area contributed by atoms with Crippen LogP contribution in [0.4, 0.5) is 15.9 Å². The summed E-state index contributed by atoms with van der Waals surface area (Å²) in [4.78, 5) is 12.8. The van der Waals surface area contributed by atoms with E-state index in [-0.39, 0.29) is 5.82 Å². The molecule has 148 valence electrons. The fraction of sp³-hybridized carbons (Fsp3) is 0.400. The lowest BCUT2D eigenvalue weighted by atomic mass is 9.96. The molecule has 0 saturated carbocycles. The number of pyridine rings is 1. The lowest BCUT2D eigenvalue weighted by molar-refractivity contribution is 0.374. The standard InChI is InChI=1S/C20H26FN7/c1-27-18(23)13-7-8-15(25-19(13)26-20(27)24)17-14(21)5-2-6-16(17)28-9-3-4-12(10-22)11-28/h2,5-8,12,18H,3-4,9-11,22-23H2,1H3,(H2,24,25,26). The average Bonchev–Trinajstić information content (AvgIpc) is 2.71.